The van der Waals surface area contributed by atoms with E-state index in [-0.39, 0.29) is 44.3 Å². The molecule has 0 saturated carbocycles. The van der Waals surface area contributed by atoms with Gasteiger partial charge in [-0.2, -0.15) is 27.1 Å². The first-order chi connectivity index (χ1) is 24.6. The molecule has 17 nitrogen and oxygen atoms in total. The summed E-state index contributed by atoms with van der Waals surface area (Å²) in [4.78, 5) is 11.7. The minimum Gasteiger partial charge on any atom is -0.507 e. The number of nitrogens with zero attached hydrogens (tertiary/aromatic N) is 4. The maximum Gasteiger partial charge on any atom is 0.323 e. The number of carbonyl (C=O) groups is 1. The Bertz CT molecular complexity index is 2500. The van der Waals surface area contributed by atoms with Crippen LogP contribution in [0.4, 0.5) is 50.3 Å². The zero-order chi connectivity index (χ0) is 37.4. The van der Waals surface area contributed by atoms with E-state index in [0.29, 0.717) is 22.7 Å². The van der Waals surface area contributed by atoms with Crippen molar-refractivity contribution in [1.29, 1.82) is 0 Å². The van der Waals surface area contributed by atoms with Gasteiger partial charge in [-0.1, -0.05) is 12.1 Å². The third kappa shape index (κ3) is 7.56. The average molecular weight is 743 g/mol. The van der Waals surface area contributed by atoms with Gasteiger partial charge in [0.15, 0.2) is 0 Å². The van der Waals surface area contributed by atoms with Crippen LogP contribution < -0.4 is 22.1 Å². The van der Waals surface area contributed by atoms with Crippen molar-refractivity contribution in [3.63, 3.8) is 0 Å². The van der Waals surface area contributed by atoms with E-state index in [4.69, 9.17) is 11.5 Å². The van der Waals surface area contributed by atoms with Gasteiger partial charge < -0.3 is 32.3 Å². The van der Waals surface area contributed by atoms with Crippen LogP contribution in [0.1, 0.15) is 0 Å². The molecule has 0 radical (unpaired) electrons. The number of phenolic OH excluding ortho intramolecular Hbond substituents is 2. The molecule has 0 unspecified atom stereocenters. The molecule has 6 aromatic rings. The van der Waals surface area contributed by atoms with Crippen molar-refractivity contribution in [2.24, 2.45) is 20.5 Å². The number of anilines is 4. The van der Waals surface area contributed by atoms with Gasteiger partial charge in [0.1, 0.15) is 22.9 Å². The molecule has 10 N–H and O–H groups in total. The van der Waals surface area contributed by atoms with Gasteiger partial charge in [0.05, 0.1) is 43.3 Å². The van der Waals surface area contributed by atoms with Crippen LogP contribution in [0.5, 0.6) is 11.5 Å². The molecule has 0 spiro atoms. The second-order valence-electron chi connectivity index (χ2n) is 11.1. The van der Waals surface area contributed by atoms with E-state index >= 15 is 0 Å². The van der Waals surface area contributed by atoms with Crippen LogP contribution in [-0.2, 0) is 20.2 Å². The maximum atomic E-state index is 12.6. The lowest BCUT2D eigenvalue weighted by molar-refractivity contribution is 0.262. The Morgan fingerprint density at radius 1 is 0.538 bits per heavy atom. The fourth-order valence-corrected chi connectivity index (χ4v) is 6.15. The quantitative estimate of drug-likeness (QED) is 0.0428. The number of amides is 2. The molecule has 6 aromatic carbocycles. The SMILES string of the molecule is Nc1ccc2cc(S(=O)(=O)O)cc(O)c2c1N=Nc1ccc(NC(=O)Nc2ccc(N=Nc3c(N)ccc4cc(S(=O)(=O)O)cc(O)c34)cc2)cc1. The highest BCUT2D eigenvalue weighted by atomic mass is 32.2. The Morgan fingerprint density at radius 2 is 0.904 bits per heavy atom. The van der Waals surface area contributed by atoms with Crippen LogP contribution >= 0.6 is 0 Å². The highest BCUT2D eigenvalue weighted by Crippen LogP contribution is 2.42. The van der Waals surface area contributed by atoms with Gasteiger partial charge in [-0.15, -0.1) is 10.2 Å². The van der Waals surface area contributed by atoms with Crippen molar-refractivity contribution in [1.82, 2.24) is 0 Å². The number of hydrogen-bond acceptors (Lipinski definition) is 13. The summed E-state index contributed by atoms with van der Waals surface area (Å²) in [6.45, 7) is 0. The van der Waals surface area contributed by atoms with E-state index < -0.39 is 47.6 Å². The van der Waals surface area contributed by atoms with E-state index in [1.165, 1.54) is 36.4 Å². The number of carbonyl (C=O) groups excluding carboxylic acids is 1. The number of phenols is 2. The monoisotopic (exact) mass is 742 g/mol. The van der Waals surface area contributed by atoms with Gasteiger partial charge in [-0.25, -0.2) is 4.79 Å². The van der Waals surface area contributed by atoms with Gasteiger partial charge in [0.25, 0.3) is 20.2 Å². The van der Waals surface area contributed by atoms with Gasteiger partial charge in [-0.3, -0.25) is 9.11 Å². The molecule has 0 aromatic heterocycles. The molecule has 0 aliphatic carbocycles. The van der Waals surface area contributed by atoms with Crippen LogP contribution in [0, 0.1) is 0 Å². The van der Waals surface area contributed by atoms with Crippen LogP contribution in [0.15, 0.2) is 127 Å². The second-order valence-corrected chi connectivity index (χ2v) is 14.0. The molecule has 0 atom stereocenters. The molecule has 0 aliphatic rings. The van der Waals surface area contributed by atoms with Gasteiger partial charge in [0.2, 0.25) is 0 Å². The van der Waals surface area contributed by atoms with Gasteiger partial charge in [0, 0.05) is 23.5 Å². The minimum atomic E-state index is -4.57. The third-order valence-corrected chi connectivity index (χ3v) is 9.19. The molecule has 19 heteroatoms. The fourth-order valence-electron chi connectivity index (χ4n) is 5.07. The van der Waals surface area contributed by atoms with Crippen molar-refractivity contribution in [2.75, 3.05) is 22.1 Å². The third-order valence-electron chi connectivity index (χ3n) is 7.53. The number of aromatic hydroxyl groups is 2. The molecular formula is C33H26N8O9S2. The van der Waals surface area contributed by atoms with E-state index in [9.17, 15) is 40.9 Å². The number of fused-ring (bicyclic) bond motifs is 2. The number of azo groups is 2. The fraction of sp³-hybridized carbons (Fsp3) is 0. The first kappa shape index (κ1) is 35.2. The van der Waals surface area contributed by atoms with Crippen molar-refractivity contribution in [3.8, 4) is 11.5 Å². The summed E-state index contributed by atoms with van der Waals surface area (Å²) in [6, 6.07) is 21.9. The molecule has 0 fully saturated rings. The highest BCUT2D eigenvalue weighted by molar-refractivity contribution is 7.86. The summed E-state index contributed by atoms with van der Waals surface area (Å²) < 4.78 is 64.9. The van der Waals surface area contributed by atoms with E-state index in [1.807, 2.05) is 0 Å². The van der Waals surface area contributed by atoms with Crippen LogP contribution in [0.3, 0.4) is 0 Å². The van der Waals surface area contributed by atoms with E-state index in [1.54, 1.807) is 48.5 Å². The van der Waals surface area contributed by atoms with Crippen LogP contribution in [-0.4, -0.2) is 42.2 Å². The van der Waals surface area contributed by atoms with Crippen molar-refractivity contribution in [3.05, 3.63) is 97.1 Å². The van der Waals surface area contributed by atoms with Crippen molar-refractivity contribution < 1.29 is 40.9 Å². The summed E-state index contributed by atoms with van der Waals surface area (Å²) in [6.07, 6.45) is 0. The first-order valence-electron chi connectivity index (χ1n) is 14.7. The molecular weight excluding hydrogens is 717 g/mol. The molecule has 0 heterocycles. The van der Waals surface area contributed by atoms with Gasteiger partial charge in [-0.05, 0) is 83.6 Å². The molecule has 0 saturated heterocycles. The lowest BCUT2D eigenvalue weighted by atomic mass is 10.1. The molecule has 0 aliphatic heterocycles. The van der Waals surface area contributed by atoms with Crippen LogP contribution in [0.2, 0.25) is 0 Å². The summed E-state index contributed by atoms with van der Waals surface area (Å²) in [5, 5.41) is 43.7. The van der Waals surface area contributed by atoms with Gasteiger partial charge >= 0.3 is 6.03 Å². The van der Waals surface area contributed by atoms with Crippen LogP contribution in [0.25, 0.3) is 21.5 Å². The second kappa shape index (κ2) is 13.6. The minimum absolute atomic E-state index is 0.0832. The zero-order valence-corrected chi connectivity index (χ0v) is 28.0. The summed E-state index contributed by atoms with van der Waals surface area (Å²) in [5.74, 6) is -0.936. The maximum absolute atomic E-state index is 12.6. The predicted octanol–water partition coefficient (Wildman–Crippen LogP) is 7.54. The Kier molecular flexibility index (Phi) is 9.17. The van der Waals surface area contributed by atoms with E-state index in [2.05, 4.69) is 31.1 Å². The number of hydrogen-bond donors (Lipinski definition) is 8. The first-order valence-corrected chi connectivity index (χ1v) is 17.6. The Balaban J connectivity index is 1.11. The van der Waals surface area contributed by atoms with Crippen molar-refractivity contribution >= 4 is 93.3 Å². The number of nitrogens with two attached hydrogens (primary N) is 2. The molecule has 0 bridgehead atoms. The van der Waals surface area contributed by atoms with Crippen molar-refractivity contribution in [2.45, 2.75) is 9.79 Å². The zero-order valence-electron chi connectivity index (χ0n) is 26.3. The Morgan fingerprint density at radius 3 is 1.25 bits per heavy atom. The normalized spacial score (nSPS) is 12.2. The lowest BCUT2D eigenvalue weighted by Crippen LogP contribution is -2.19. The standard InChI is InChI=1S/C33H26N8O9S2/c34-25-11-1-17-13-23(51(45,46)47)15-27(42)29(17)31(25)40-38-21-7-3-19(4-8-21)36-33(44)37-20-5-9-22(10-6-20)39-41-32-26(35)12-2-18-14-24(52(48,49)50)16-28(43)30(18)32/h1-16,42-43H,34-35H2,(H2,36,37,44)(H,45,46,47)(H,48,49,50). The molecule has 2 amide bonds. The summed E-state index contributed by atoms with van der Waals surface area (Å²) >= 11 is 0. The number of nitrogens with one attached hydrogen (secondary N) is 2. The van der Waals surface area contributed by atoms with E-state index in [0.717, 1.165) is 12.1 Å². The lowest BCUT2D eigenvalue weighted by Gasteiger charge is -2.09. The predicted molar refractivity (Wildman–Crippen MR) is 194 cm³/mol. The number of urea groups is 1. The number of benzene rings is 6. The largest absolute Gasteiger partial charge is 0.507 e. The average Bonchev–Trinajstić information content (AvgIpc) is 3.08. The Labute approximate surface area is 294 Å². The molecule has 264 valence electrons. The smallest absolute Gasteiger partial charge is 0.323 e. The summed E-state index contributed by atoms with van der Waals surface area (Å²) in [5.41, 5.74) is 14.1. The molecule has 6 rings (SSSR count). The number of nitrogen functional groups attached to an aromatic ring is 2. The number of rotatable bonds is 8. The Hall–Kier alpha value is -6.67. The summed E-state index contributed by atoms with van der Waals surface area (Å²) in [7, 11) is -9.13. The highest BCUT2D eigenvalue weighted by Gasteiger charge is 2.18. The molecule has 52 heavy (non-hydrogen) atoms. The topological polar surface area (TPSA) is 292 Å².